The largest absolute Gasteiger partial charge is 0.466 e. The van der Waals surface area contributed by atoms with Crippen molar-refractivity contribution < 1.29 is 9.53 Å². The molecule has 3 aromatic rings. The van der Waals surface area contributed by atoms with E-state index < -0.39 is 0 Å². The molecule has 0 aliphatic heterocycles. The van der Waals surface area contributed by atoms with E-state index in [1.54, 1.807) is 0 Å². The molecule has 0 bridgehead atoms. The van der Waals surface area contributed by atoms with E-state index >= 15 is 0 Å². The number of hydrogen-bond acceptors (Lipinski definition) is 4. The zero-order valence-electron chi connectivity index (χ0n) is 15.1. The molecule has 1 atom stereocenters. The number of pyridine rings is 1. The molecule has 0 N–H and O–H groups in total. The number of imidazole rings is 1. The third-order valence-corrected chi connectivity index (χ3v) is 4.32. The van der Waals surface area contributed by atoms with Crippen LogP contribution in [0.2, 0.25) is 0 Å². The SMILES string of the molecule is CCOC(=O)C(C)c1ccc(-n2c(CC)nc3ccc(C)nc32)cc1. The molecule has 25 heavy (non-hydrogen) atoms. The van der Waals surface area contributed by atoms with Crippen molar-refractivity contribution in [1.29, 1.82) is 0 Å². The Kier molecular flexibility index (Phi) is 4.83. The van der Waals surface area contributed by atoms with Crippen LogP contribution < -0.4 is 0 Å². The smallest absolute Gasteiger partial charge is 0.313 e. The van der Waals surface area contributed by atoms with Crippen molar-refractivity contribution in [1.82, 2.24) is 14.5 Å². The monoisotopic (exact) mass is 337 g/mol. The summed E-state index contributed by atoms with van der Waals surface area (Å²) in [7, 11) is 0. The Morgan fingerprint density at radius 2 is 1.84 bits per heavy atom. The topological polar surface area (TPSA) is 57.0 Å². The van der Waals surface area contributed by atoms with E-state index in [1.807, 2.05) is 57.2 Å². The van der Waals surface area contributed by atoms with E-state index in [0.29, 0.717) is 6.61 Å². The number of carbonyl (C=O) groups is 1. The molecular formula is C20H23N3O2. The van der Waals surface area contributed by atoms with Crippen molar-refractivity contribution in [3.63, 3.8) is 0 Å². The van der Waals surface area contributed by atoms with E-state index in [0.717, 1.165) is 40.4 Å². The molecule has 0 saturated carbocycles. The zero-order chi connectivity index (χ0) is 18.0. The predicted molar refractivity (Wildman–Crippen MR) is 98.0 cm³/mol. The van der Waals surface area contributed by atoms with E-state index in [4.69, 9.17) is 4.74 Å². The second-order valence-corrected chi connectivity index (χ2v) is 6.08. The molecule has 5 nitrogen and oxygen atoms in total. The van der Waals surface area contributed by atoms with Gasteiger partial charge in [0.1, 0.15) is 11.3 Å². The summed E-state index contributed by atoms with van der Waals surface area (Å²) in [6.07, 6.45) is 0.816. The molecule has 0 fully saturated rings. The maximum atomic E-state index is 11.9. The van der Waals surface area contributed by atoms with E-state index in [9.17, 15) is 4.79 Å². The molecule has 2 heterocycles. The fraction of sp³-hybridized carbons (Fsp3) is 0.350. The molecule has 130 valence electrons. The number of esters is 1. The number of fused-ring (bicyclic) bond motifs is 1. The van der Waals surface area contributed by atoms with Crippen LogP contribution in [0.1, 0.15) is 43.8 Å². The highest BCUT2D eigenvalue weighted by atomic mass is 16.5. The number of hydrogen-bond donors (Lipinski definition) is 0. The molecule has 0 radical (unpaired) electrons. The first-order valence-electron chi connectivity index (χ1n) is 8.67. The molecule has 1 unspecified atom stereocenters. The lowest BCUT2D eigenvalue weighted by Crippen LogP contribution is -2.13. The van der Waals surface area contributed by atoms with Crippen LogP contribution in [0.3, 0.4) is 0 Å². The van der Waals surface area contributed by atoms with Gasteiger partial charge in [0, 0.05) is 17.8 Å². The number of carbonyl (C=O) groups excluding carboxylic acids is 1. The molecule has 0 saturated heterocycles. The normalized spacial score (nSPS) is 12.3. The number of aryl methyl sites for hydroxylation is 2. The van der Waals surface area contributed by atoms with Gasteiger partial charge in [-0.25, -0.2) is 9.97 Å². The minimum Gasteiger partial charge on any atom is -0.466 e. The molecule has 5 heteroatoms. The van der Waals surface area contributed by atoms with Gasteiger partial charge < -0.3 is 4.74 Å². The van der Waals surface area contributed by atoms with Crippen LogP contribution in [-0.4, -0.2) is 27.1 Å². The Labute approximate surface area is 147 Å². The highest BCUT2D eigenvalue weighted by Gasteiger charge is 2.17. The van der Waals surface area contributed by atoms with Crippen molar-refractivity contribution >= 4 is 17.1 Å². The van der Waals surface area contributed by atoms with E-state index in [2.05, 4.69) is 21.5 Å². The minimum absolute atomic E-state index is 0.199. The van der Waals surface area contributed by atoms with Crippen molar-refractivity contribution in [2.24, 2.45) is 0 Å². The molecule has 0 aliphatic carbocycles. The van der Waals surface area contributed by atoms with Gasteiger partial charge in [0.05, 0.1) is 12.5 Å². The van der Waals surface area contributed by atoms with Gasteiger partial charge in [-0.3, -0.25) is 9.36 Å². The standard InChI is InChI=1S/C20H23N3O2/c1-5-18-22-17-12-7-13(3)21-19(17)23(18)16-10-8-15(9-11-16)14(4)20(24)25-6-2/h7-12,14H,5-6H2,1-4H3. The highest BCUT2D eigenvalue weighted by molar-refractivity contribution is 5.78. The van der Waals surface area contributed by atoms with Gasteiger partial charge in [0.2, 0.25) is 0 Å². The molecule has 0 aliphatic rings. The first kappa shape index (κ1) is 17.1. The van der Waals surface area contributed by atoms with Gasteiger partial charge in [-0.1, -0.05) is 19.1 Å². The Hall–Kier alpha value is -2.69. The van der Waals surface area contributed by atoms with Crippen LogP contribution in [0.4, 0.5) is 0 Å². The summed E-state index contributed by atoms with van der Waals surface area (Å²) in [5, 5.41) is 0. The Morgan fingerprint density at radius 3 is 2.48 bits per heavy atom. The number of benzene rings is 1. The van der Waals surface area contributed by atoms with Gasteiger partial charge in [-0.05, 0) is 50.6 Å². The summed E-state index contributed by atoms with van der Waals surface area (Å²) in [4.78, 5) is 21.3. The first-order chi connectivity index (χ1) is 12.0. The summed E-state index contributed by atoms with van der Waals surface area (Å²) < 4.78 is 7.19. The first-order valence-corrected chi connectivity index (χ1v) is 8.67. The van der Waals surface area contributed by atoms with Crippen molar-refractivity contribution in [2.45, 2.75) is 40.0 Å². The predicted octanol–water partition coefficient (Wildman–Crippen LogP) is 3.96. The number of rotatable bonds is 5. The summed E-state index contributed by atoms with van der Waals surface area (Å²) in [6, 6.07) is 11.9. The van der Waals surface area contributed by atoms with Crippen LogP contribution in [0, 0.1) is 6.92 Å². The van der Waals surface area contributed by atoms with Crippen molar-refractivity contribution in [2.75, 3.05) is 6.61 Å². The molecular weight excluding hydrogens is 314 g/mol. The number of nitrogens with zero attached hydrogens (tertiary/aromatic N) is 3. The van der Waals surface area contributed by atoms with Gasteiger partial charge in [0.25, 0.3) is 0 Å². The van der Waals surface area contributed by atoms with Crippen molar-refractivity contribution in [3.05, 3.63) is 53.5 Å². The average Bonchev–Trinajstić information content (AvgIpc) is 2.99. The van der Waals surface area contributed by atoms with Crippen LogP contribution >= 0.6 is 0 Å². The fourth-order valence-corrected chi connectivity index (χ4v) is 2.92. The maximum Gasteiger partial charge on any atom is 0.313 e. The molecule has 2 aromatic heterocycles. The molecule has 1 aromatic carbocycles. The van der Waals surface area contributed by atoms with Crippen LogP contribution in [0.15, 0.2) is 36.4 Å². The lowest BCUT2D eigenvalue weighted by atomic mass is 10.0. The maximum absolute atomic E-state index is 11.9. The summed E-state index contributed by atoms with van der Waals surface area (Å²) in [5.41, 5.74) is 4.66. The third kappa shape index (κ3) is 3.27. The highest BCUT2D eigenvalue weighted by Crippen LogP contribution is 2.24. The van der Waals surface area contributed by atoms with Gasteiger partial charge in [-0.15, -0.1) is 0 Å². The average molecular weight is 337 g/mol. The third-order valence-electron chi connectivity index (χ3n) is 4.32. The number of aromatic nitrogens is 3. The lowest BCUT2D eigenvalue weighted by Gasteiger charge is -2.13. The van der Waals surface area contributed by atoms with Crippen LogP contribution in [-0.2, 0) is 16.0 Å². The van der Waals surface area contributed by atoms with Crippen LogP contribution in [0.5, 0.6) is 0 Å². The summed E-state index contributed by atoms with van der Waals surface area (Å²) in [6.45, 7) is 8.14. The zero-order valence-corrected chi connectivity index (χ0v) is 15.1. The van der Waals surface area contributed by atoms with Crippen molar-refractivity contribution in [3.8, 4) is 5.69 Å². The van der Waals surface area contributed by atoms with Gasteiger partial charge >= 0.3 is 5.97 Å². The Morgan fingerprint density at radius 1 is 1.12 bits per heavy atom. The minimum atomic E-state index is -0.278. The fourth-order valence-electron chi connectivity index (χ4n) is 2.92. The summed E-state index contributed by atoms with van der Waals surface area (Å²) in [5.74, 6) is 0.494. The quantitative estimate of drug-likeness (QED) is 0.661. The van der Waals surface area contributed by atoms with Gasteiger partial charge in [0.15, 0.2) is 5.65 Å². The molecule has 3 rings (SSSR count). The van der Waals surface area contributed by atoms with E-state index in [1.165, 1.54) is 0 Å². The van der Waals surface area contributed by atoms with Gasteiger partial charge in [-0.2, -0.15) is 0 Å². The van der Waals surface area contributed by atoms with Crippen LogP contribution in [0.25, 0.3) is 16.9 Å². The molecule has 0 spiro atoms. The molecule has 0 amide bonds. The summed E-state index contributed by atoms with van der Waals surface area (Å²) >= 11 is 0. The van der Waals surface area contributed by atoms with E-state index in [-0.39, 0.29) is 11.9 Å². The second kappa shape index (κ2) is 7.05. The lowest BCUT2D eigenvalue weighted by molar-refractivity contribution is -0.144. The second-order valence-electron chi connectivity index (χ2n) is 6.08. The number of ether oxygens (including phenoxy) is 1. The Bertz CT molecular complexity index is 897. The Balaban J connectivity index is 2.01.